The van der Waals surface area contributed by atoms with Gasteiger partial charge >= 0.3 is 5.82 Å². The quantitative estimate of drug-likeness (QED) is 0.544. The Morgan fingerprint density at radius 3 is 2.86 bits per heavy atom. The first-order chi connectivity index (χ1) is 6.66. The fourth-order valence-electron chi connectivity index (χ4n) is 1.12. The van der Waals surface area contributed by atoms with Gasteiger partial charge in [-0.25, -0.2) is 0 Å². The molecule has 0 unspecified atom stereocenters. The summed E-state index contributed by atoms with van der Waals surface area (Å²) < 4.78 is 5.37. The molecule has 1 fully saturated rings. The van der Waals surface area contributed by atoms with Crippen LogP contribution in [0.5, 0.6) is 5.75 Å². The third-order valence-corrected chi connectivity index (χ3v) is 1.97. The normalized spacial score (nSPS) is 15.2. The van der Waals surface area contributed by atoms with Crippen molar-refractivity contribution in [3.8, 4) is 5.75 Å². The van der Waals surface area contributed by atoms with Crippen LogP contribution in [0.1, 0.15) is 18.5 Å². The van der Waals surface area contributed by atoms with Gasteiger partial charge in [-0.2, -0.15) is 0 Å². The Labute approximate surface area is 80.9 Å². The van der Waals surface area contributed by atoms with E-state index in [9.17, 15) is 10.1 Å². The van der Waals surface area contributed by atoms with Crippen molar-refractivity contribution in [2.24, 2.45) is 0 Å². The van der Waals surface area contributed by atoms with Crippen molar-refractivity contribution in [3.63, 3.8) is 0 Å². The molecule has 0 radical (unpaired) electrons. The third-order valence-electron chi connectivity index (χ3n) is 1.97. The van der Waals surface area contributed by atoms with Crippen molar-refractivity contribution < 1.29 is 9.66 Å². The highest BCUT2D eigenvalue weighted by Gasteiger charge is 2.27. The van der Waals surface area contributed by atoms with Gasteiger partial charge in [-0.15, -0.1) is 0 Å². The van der Waals surface area contributed by atoms with Gasteiger partial charge in [0.25, 0.3) is 0 Å². The van der Waals surface area contributed by atoms with E-state index >= 15 is 0 Å². The first-order valence-corrected chi connectivity index (χ1v) is 4.45. The van der Waals surface area contributed by atoms with Gasteiger partial charge < -0.3 is 14.9 Å². The molecule has 1 aromatic rings. The van der Waals surface area contributed by atoms with Crippen molar-refractivity contribution in [2.75, 3.05) is 0 Å². The van der Waals surface area contributed by atoms with Gasteiger partial charge in [-0.3, -0.25) is 0 Å². The Morgan fingerprint density at radius 2 is 2.29 bits per heavy atom. The summed E-state index contributed by atoms with van der Waals surface area (Å²) in [7, 11) is 0. The first-order valence-electron chi connectivity index (χ1n) is 4.45. The van der Waals surface area contributed by atoms with E-state index in [2.05, 4.69) is 4.98 Å². The molecule has 0 bridgehead atoms. The van der Waals surface area contributed by atoms with Crippen molar-refractivity contribution >= 4 is 5.82 Å². The number of nitro groups is 1. The summed E-state index contributed by atoms with van der Waals surface area (Å²) in [5.74, 6) is 0.0972. The van der Waals surface area contributed by atoms with Gasteiger partial charge in [0, 0.05) is 6.92 Å². The lowest BCUT2D eigenvalue weighted by Gasteiger charge is -2.03. The number of aryl methyl sites for hydroxylation is 1. The summed E-state index contributed by atoms with van der Waals surface area (Å²) in [6, 6.07) is 3.32. The molecule has 74 valence electrons. The molecule has 0 amide bonds. The SMILES string of the molecule is Cc1ccc(OC2CC2)c([N+](=O)[O-])n1. The van der Waals surface area contributed by atoms with E-state index in [1.165, 1.54) is 0 Å². The van der Waals surface area contributed by atoms with E-state index in [1.54, 1.807) is 19.1 Å². The maximum absolute atomic E-state index is 10.6. The Kier molecular flexibility index (Phi) is 2.07. The van der Waals surface area contributed by atoms with Gasteiger partial charge in [0.2, 0.25) is 5.75 Å². The molecule has 1 saturated carbocycles. The minimum atomic E-state index is -0.509. The second kappa shape index (κ2) is 3.25. The Hall–Kier alpha value is -1.65. The summed E-state index contributed by atoms with van der Waals surface area (Å²) in [4.78, 5) is 14.0. The number of aromatic nitrogens is 1. The topological polar surface area (TPSA) is 65.3 Å². The molecule has 0 atom stereocenters. The second-order valence-corrected chi connectivity index (χ2v) is 3.35. The molecular formula is C9H10N2O3. The molecular weight excluding hydrogens is 184 g/mol. The average Bonchev–Trinajstić information content (AvgIpc) is 2.91. The van der Waals surface area contributed by atoms with Crippen molar-refractivity contribution in [3.05, 3.63) is 27.9 Å². The van der Waals surface area contributed by atoms with Crippen molar-refractivity contribution in [2.45, 2.75) is 25.9 Å². The van der Waals surface area contributed by atoms with Crippen LogP contribution >= 0.6 is 0 Å². The standard InChI is InChI=1S/C9H10N2O3/c1-6-2-5-8(14-7-3-4-7)9(10-6)11(12)13/h2,5,7H,3-4H2,1H3. The fraction of sp³-hybridized carbons (Fsp3) is 0.444. The van der Waals surface area contributed by atoms with E-state index in [4.69, 9.17) is 4.74 Å². The summed E-state index contributed by atoms with van der Waals surface area (Å²) >= 11 is 0. The predicted octanol–water partition coefficient (Wildman–Crippen LogP) is 1.84. The lowest BCUT2D eigenvalue weighted by molar-refractivity contribution is -0.390. The molecule has 1 aliphatic carbocycles. The van der Waals surface area contributed by atoms with Crippen LogP contribution in [0.2, 0.25) is 0 Å². The van der Waals surface area contributed by atoms with Gasteiger partial charge in [0.15, 0.2) is 0 Å². The number of hydrogen-bond donors (Lipinski definition) is 0. The van der Waals surface area contributed by atoms with Crippen molar-refractivity contribution in [1.82, 2.24) is 4.98 Å². The van der Waals surface area contributed by atoms with E-state index in [0.29, 0.717) is 5.69 Å². The van der Waals surface area contributed by atoms with Gasteiger partial charge in [-0.1, -0.05) is 0 Å². The molecule has 5 nitrogen and oxygen atoms in total. The number of pyridine rings is 1. The van der Waals surface area contributed by atoms with Crippen LogP contribution in [0.3, 0.4) is 0 Å². The summed E-state index contributed by atoms with van der Waals surface area (Å²) in [5.41, 5.74) is 0.625. The van der Waals surface area contributed by atoms with Crippen LogP contribution in [0.15, 0.2) is 12.1 Å². The van der Waals surface area contributed by atoms with Crippen molar-refractivity contribution in [1.29, 1.82) is 0 Å². The molecule has 0 saturated heterocycles. The van der Waals surface area contributed by atoms with Crippen LogP contribution in [-0.2, 0) is 0 Å². The summed E-state index contributed by atoms with van der Waals surface area (Å²) in [5, 5.41) is 10.6. The maximum Gasteiger partial charge on any atom is 0.406 e. The molecule has 0 aromatic carbocycles. The molecule has 2 rings (SSSR count). The lowest BCUT2D eigenvalue weighted by atomic mass is 10.3. The minimum Gasteiger partial charge on any atom is -0.482 e. The smallest absolute Gasteiger partial charge is 0.406 e. The Balaban J connectivity index is 2.31. The van der Waals surface area contributed by atoms with Gasteiger partial charge in [0.1, 0.15) is 5.69 Å². The molecule has 1 aromatic heterocycles. The highest BCUT2D eigenvalue weighted by molar-refractivity contribution is 5.40. The van der Waals surface area contributed by atoms with E-state index in [1.807, 2.05) is 0 Å². The van der Waals surface area contributed by atoms with E-state index in [0.717, 1.165) is 12.8 Å². The summed E-state index contributed by atoms with van der Waals surface area (Å²) in [6.45, 7) is 1.72. The molecule has 0 spiro atoms. The van der Waals surface area contributed by atoms with Crippen LogP contribution in [-0.4, -0.2) is 16.0 Å². The highest BCUT2D eigenvalue weighted by Crippen LogP contribution is 2.31. The Bertz CT molecular complexity index is 374. The van der Waals surface area contributed by atoms with E-state index in [-0.39, 0.29) is 17.7 Å². The number of nitrogens with zero attached hydrogens (tertiary/aromatic N) is 2. The minimum absolute atomic E-state index is 0.151. The van der Waals surface area contributed by atoms with Gasteiger partial charge in [-0.05, 0) is 34.9 Å². The monoisotopic (exact) mass is 194 g/mol. The zero-order valence-corrected chi connectivity index (χ0v) is 7.77. The fourth-order valence-corrected chi connectivity index (χ4v) is 1.12. The summed E-state index contributed by atoms with van der Waals surface area (Å²) in [6.07, 6.45) is 2.11. The number of hydrogen-bond acceptors (Lipinski definition) is 4. The molecule has 0 aliphatic heterocycles. The molecule has 1 aliphatic rings. The first kappa shape index (κ1) is 8.93. The molecule has 14 heavy (non-hydrogen) atoms. The predicted molar refractivity (Wildman–Crippen MR) is 49.3 cm³/mol. The van der Waals surface area contributed by atoms with Crippen LogP contribution in [0.4, 0.5) is 5.82 Å². The number of ether oxygens (including phenoxy) is 1. The van der Waals surface area contributed by atoms with Crippen LogP contribution in [0.25, 0.3) is 0 Å². The Morgan fingerprint density at radius 1 is 1.57 bits per heavy atom. The van der Waals surface area contributed by atoms with E-state index < -0.39 is 4.92 Å². The van der Waals surface area contributed by atoms with Gasteiger partial charge in [0.05, 0.1) is 6.10 Å². The molecule has 5 heteroatoms. The average molecular weight is 194 g/mol. The lowest BCUT2D eigenvalue weighted by Crippen LogP contribution is -2.02. The van der Waals surface area contributed by atoms with Crippen LogP contribution < -0.4 is 4.74 Å². The largest absolute Gasteiger partial charge is 0.482 e. The molecule has 0 N–H and O–H groups in total. The maximum atomic E-state index is 10.6. The number of rotatable bonds is 3. The molecule has 1 heterocycles. The highest BCUT2D eigenvalue weighted by atomic mass is 16.6. The second-order valence-electron chi connectivity index (χ2n) is 3.35. The zero-order chi connectivity index (χ0) is 10.1. The third kappa shape index (κ3) is 1.81. The van der Waals surface area contributed by atoms with Crippen LogP contribution in [0, 0.1) is 17.0 Å². The zero-order valence-electron chi connectivity index (χ0n) is 7.77.